The van der Waals surface area contributed by atoms with Gasteiger partial charge < -0.3 is 18.2 Å². The Bertz CT molecular complexity index is 1240. The van der Waals surface area contributed by atoms with Gasteiger partial charge in [0.25, 0.3) is 0 Å². The highest BCUT2D eigenvalue weighted by Gasteiger charge is 2.43. The Morgan fingerprint density at radius 3 is 2.38 bits per heavy atom. The molecule has 1 aliphatic carbocycles. The van der Waals surface area contributed by atoms with Crippen molar-refractivity contribution in [3.8, 4) is 11.5 Å². The average Bonchev–Trinajstić information content (AvgIpc) is 3.21. The van der Waals surface area contributed by atoms with Crippen molar-refractivity contribution in [3.63, 3.8) is 0 Å². The highest BCUT2D eigenvalue weighted by atomic mass is 32.2. The number of benzene rings is 2. The van der Waals surface area contributed by atoms with Crippen molar-refractivity contribution in [2.75, 3.05) is 13.4 Å². The van der Waals surface area contributed by atoms with E-state index in [1.165, 1.54) is 12.7 Å². The van der Waals surface area contributed by atoms with Crippen molar-refractivity contribution in [2.45, 2.75) is 57.1 Å². The molecule has 0 spiro atoms. The number of esters is 1. The summed E-state index contributed by atoms with van der Waals surface area (Å²) in [6.45, 7) is 0.833. The zero-order chi connectivity index (χ0) is 24.2. The molecule has 182 valence electrons. The number of rotatable bonds is 9. The Kier molecular flexibility index (Phi) is 7.16. The van der Waals surface area contributed by atoms with Gasteiger partial charge in [0.15, 0.2) is 0 Å². The van der Waals surface area contributed by atoms with Crippen LogP contribution in [0.1, 0.15) is 44.1 Å². The van der Waals surface area contributed by atoms with E-state index in [4.69, 9.17) is 13.7 Å². The van der Waals surface area contributed by atoms with Crippen LogP contribution in [0, 0.1) is 0 Å². The second-order valence-corrected chi connectivity index (χ2v) is 10.5. The van der Waals surface area contributed by atoms with Crippen molar-refractivity contribution in [1.82, 2.24) is 4.57 Å². The molecular formula is C26H31NO6S. The molecule has 4 rings (SSSR count). The Labute approximate surface area is 200 Å². The Morgan fingerprint density at radius 2 is 1.71 bits per heavy atom. The molecule has 0 saturated heterocycles. The SMILES string of the molecule is COC(=O)C1(Oc2ccc(CCCn3ccc4cc(OS(C)(=O)=O)ccc43)cc2)CCCCC1. The number of carbonyl (C=O) groups excluding carboxylic acids is 1. The molecule has 0 radical (unpaired) electrons. The summed E-state index contributed by atoms with van der Waals surface area (Å²) in [7, 11) is -2.13. The van der Waals surface area contributed by atoms with Crippen LogP contribution in [0.2, 0.25) is 0 Å². The number of carbonyl (C=O) groups is 1. The van der Waals surface area contributed by atoms with Gasteiger partial charge in [-0.2, -0.15) is 8.42 Å². The summed E-state index contributed by atoms with van der Waals surface area (Å²) in [6, 6.07) is 15.2. The molecule has 7 nitrogen and oxygen atoms in total. The predicted octanol–water partition coefficient (Wildman–Crippen LogP) is 4.87. The molecule has 2 aromatic carbocycles. The van der Waals surface area contributed by atoms with E-state index in [0.717, 1.165) is 55.8 Å². The predicted molar refractivity (Wildman–Crippen MR) is 131 cm³/mol. The zero-order valence-corrected chi connectivity index (χ0v) is 20.5. The van der Waals surface area contributed by atoms with E-state index in [1.807, 2.05) is 42.6 Å². The maximum Gasteiger partial charge on any atom is 0.350 e. The van der Waals surface area contributed by atoms with Crippen molar-refractivity contribution in [1.29, 1.82) is 0 Å². The number of hydrogen-bond acceptors (Lipinski definition) is 6. The maximum atomic E-state index is 12.4. The van der Waals surface area contributed by atoms with Gasteiger partial charge in [-0.25, -0.2) is 4.79 Å². The fraction of sp³-hybridized carbons (Fsp3) is 0.423. The highest BCUT2D eigenvalue weighted by molar-refractivity contribution is 7.86. The first-order valence-corrected chi connectivity index (χ1v) is 13.4. The first kappa shape index (κ1) is 24.1. The van der Waals surface area contributed by atoms with Crippen molar-refractivity contribution in [3.05, 3.63) is 60.3 Å². The molecule has 0 unspecified atom stereocenters. The molecule has 0 amide bonds. The second-order valence-electron chi connectivity index (χ2n) is 8.91. The number of ether oxygens (including phenoxy) is 2. The minimum Gasteiger partial charge on any atom is -0.476 e. The van der Waals surface area contributed by atoms with E-state index in [1.54, 1.807) is 12.1 Å². The minimum absolute atomic E-state index is 0.287. The molecule has 1 fully saturated rings. The van der Waals surface area contributed by atoms with E-state index >= 15 is 0 Å². The number of aromatic nitrogens is 1. The van der Waals surface area contributed by atoms with Gasteiger partial charge in [-0.3, -0.25) is 0 Å². The van der Waals surface area contributed by atoms with E-state index < -0.39 is 15.7 Å². The molecule has 1 aromatic heterocycles. The molecule has 0 N–H and O–H groups in total. The topological polar surface area (TPSA) is 83.8 Å². The molecule has 1 heterocycles. The van der Waals surface area contributed by atoms with Crippen LogP contribution >= 0.6 is 0 Å². The third-order valence-corrected chi connectivity index (χ3v) is 6.80. The first-order chi connectivity index (χ1) is 16.3. The summed E-state index contributed by atoms with van der Waals surface area (Å²) in [5.41, 5.74) is 1.37. The van der Waals surface area contributed by atoms with E-state index in [0.29, 0.717) is 24.3 Å². The minimum atomic E-state index is -3.54. The third-order valence-electron chi connectivity index (χ3n) is 6.31. The Morgan fingerprint density at radius 1 is 1.00 bits per heavy atom. The van der Waals surface area contributed by atoms with Crippen LogP contribution in [0.4, 0.5) is 0 Å². The lowest BCUT2D eigenvalue weighted by atomic mass is 9.84. The molecular weight excluding hydrogens is 454 g/mol. The van der Waals surface area contributed by atoms with Gasteiger partial charge in [0.1, 0.15) is 11.5 Å². The van der Waals surface area contributed by atoms with Crippen LogP contribution in [0.25, 0.3) is 10.9 Å². The lowest BCUT2D eigenvalue weighted by molar-refractivity contribution is -0.162. The summed E-state index contributed by atoms with van der Waals surface area (Å²) in [5.74, 6) is 0.724. The van der Waals surface area contributed by atoms with Crippen LogP contribution in [-0.4, -0.2) is 37.9 Å². The van der Waals surface area contributed by atoms with Gasteiger partial charge in [-0.05, 0) is 80.5 Å². The van der Waals surface area contributed by atoms with Crippen LogP contribution in [0.15, 0.2) is 54.7 Å². The smallest absolute Gasteiger partial charge is 0.350 e. The van der Waals surface area contributed by atoms with Gasteiger partial charge in [0.05, 0.1) is 13.4 Å². The summed E-state index contributed by atoms with van der Waals surface area (Å²) in [5, 5.41) is 0.935. The van der Waals surface area contributed by atoms with Crippen molar-refractivity contribution < 1.29 is 26.9 Å². The molecule has 0 bridgehead atoms. The first-order valence-electron chi connectivity index (χ1n) is 11.6. The summed E-state index contributed by atoms with van der Waals surface area (Å²) in [4.78, 5) is 12.4. The quantitative estimate of drug-likeness (QED) is 0.318. The van der Waals surface area contributed by atoms with Crippen LogP contribution < -0.4 is 8.92 Å². The molecule has 1 saturated carbocycles. The average molecular weight is 486 g/mol. The Hall–Kier alpha value is -3.00. The van der Waals surface area contributed by atoms with Gasteiger partial charge >= 0.3 is 16.1 Å². The largest absolute Gasteiger partial charge is 0.476 e. The second kappa shape index (κ2) is 10.1. The number of hydrogen-bond donors (Lipinski definition) is 0. The molecule has 34 heavy (non-hydrogen) atoms. The van der Waals surface area contributed by atoms with Gasteiger partial charge in [0, 0.05) is 23.6 Å². The van der Waals surface area contributed by atoms with Crippen molar-refractivity contribution >= 4 is 27.0 Å². The van der Waals surface area contributed by atoms with Gasteiger partial charge in [-0.1, -0.05) is 18.6 Å². The van der Waals surface area contributed by atoms with E-state index in [-0.39, 0.29) is 5.97 Å². The number of nitrogens with zero attached hydrogens (tertiary/aromatic N) is 1. The number of fused-ring (bicyclic) bond motifs is 1. The zero-order valence-electron chi connectivity index (χ0n) is 19.7. The highest BCUT2D eigenvalue weighted by Crippen LogP contribution is 2.34. The normalized spacial score (nSPS) is 15.7. The number of aryl methyl sites for hydroxylation is 2. The monoisotopic (exact) mass is 485 g/mol. The standard InChI is InChI=1S/C26H31NO6S/c1-31-25(28)26(15-4-3-5-16-26)32-22-10-8-20(9-11-22)7-6-17-27-18-14-21-19-23(12-13-24(21)27)33-34(2,29)30/h8-14,18-19H,3-7,15-17H2,1-2H3. The van der Waals surface area contributed by atoms with E-state index in [2.05, 4.69) is 4.57 Å². The molecule has 3 aromatic rings. The third kappa shape index (κ3) is 5.73. The fourth-order valence-corrected chi connectivity index (χ4v) is 5.11. The van der Waals surface area contributed by atoms with Crippen LogP contribution in [0.3, 0.4) is 0 Å². The fourth-order valence-electron chi connectivity index (χ4n) is 4.66. The summed E-state index contributed by atoms with van der Waals surface area (Å²) < 4.78 is 41.0. The Balaban J connectivity index is 1.35. The van der Waals surface area contributed by atoms with Gasteiger partial charge in [0.2, 0.25) is 5.60 Å². The summed E-state index contributed by atoms with van der Waals surface area (Å²) >= 11 is 0. The lowest BCUT2D eigenvalue weighted by Crippen LogP contribution is -2.47. The summed E-state index contributed by atoms with van der Waals surface area (Å²) in [6.07, 6.45) is 9.31. The van der Waals surface area contributed by atoms with Crippen LogP contribution in [0.5, 0.6) is 11.5 Å². The van der Waals surface area contributed by atoms with Crippen LogP contribution in [-0.2, 0) is 32.6 Å². The van der Waals surface area contributed by atoms with Crippen molar-refractivity contribution in [2.24, 2.45) is 0 Å². The molecule has 0 aliphatic heterocycles. The molecule has 1 aliphatic rings. The lowest BCUT2D eigenvalue weighted by Gasteiger charge is -2.34. The number of methoxy groups -OCH3 is 1. The molecule has 8 heteroatoms. The van der Waals surface area contributed by atoms with E-state index in [9.17, 15) is 13.2 Å². The van der Waals surface area contributed by atoms with Gasteiger partial charge in [-0.15, -0.1) is 0 Å². The molecule has 0 atom stereocenters. The maximum absolute atomic E-state index is 12.4.